The molecule has 0 spiro atoms. The Bertz CT molecular complexity index is 1790. The first-order valence-corrected chi connectivity index (χ1v) is 16.6. The van der Waals surface area contributed by atoms with E-state index in [0.29, 0.717) is 27.0 Å². The summed E-state index contributed by atoms with van der Waals surface area (Å²) in [6, 6.07) is 22.3. The first-order valence-electron chi connectivity index (χ1n) is 14.9. The number of fused-ring (bicyclic) bond motifs is 2. The Balaban J connectivity index is 1.40. The van der Waals surface area contributed by atoms with Gasteiger partial charge in [-0.15, -0.1) is 0 Å². The minimum atomic E-state index is -0.764. The van der Waals surface area contributed by atoms with Gasteiger partial charge < -0.3 is 15.0 Å². The molecule has 6 rings (SSSR count). The second-order valence-corrected chi connectivity index (χ2v) is 13.2. The number of thioether (sulfide) groups is 1. The number of thiazole rings is 1. The van der Waals surface area contributed by atoms with E-state index in [1.807, 2.05) is 55.5 Å². The lowest BCUT2D eigenvalue weighted by molar-refractivity contribution is -0.122. The van der Waals surface area contributed by atoms with Gasteiger partial charge >= 0.3 is 4.87 Å². The van der Waals surface area contributed by atoms with Gasteiger partial charge in [-0.25, -0.2) is 4.90 Å². The number of aromatic nitrogens is 1. The number of methoxy groups -OCH3 is 1. The number of anilines is 3. The van der Waals surface area contributed by atoms with Crippen molar-refractivity contribution >= 4 is 57.9 Å². The minimum Gasteiger partial charge on any atom is -0.497 e. The van der Waals surface area contributed by atoms with Crippen LogP contribution in [0.1, 0.15) is 35.8 Å². The first kappa shape index (κ1) is 30.7. The van der Waals surface area contributed by atoms with Gasteiger partial charge in [0.1, 0.15) is 17.5 Å². The SMILES string of the molecule is CCN(CC)c1ccc([C@@H]2c3sc(=O)n(CC(=O)Nc4ccc(C)cc4)c3S[C@H]3C(=O)N(c4ccc(OC)cc4)C(=O)[C@@H]23)cc1. The van der Waals surface area contributed by atoms with Crippen LogP contribution in [0, 0.1) is 12.8 Å². The number of carbonyl (C=O) groups excluding carboxylic acids is 3. The summed E-state index contributed by atoms with van der Waals surface area (Å²) in [5, 5.41) is 2.66. The van der Waals surface area contributed by atoms with E-state index < -0.39 is 17.1 Å². The third-order valence-corrected chi connectivity index (χ3v) is 11.0. The van der Waals surface area contributed by atoms with Crippen LogP contribution in [0.2, 0.25) is 0 Å². The van der Waals surface area contributed by atoms with E-state index in [4.69, 9.17) is 4.74 Å². The van der Waals surface area contributed by atoms with Crippen LogP contribution in [0.5, 0.6) is 5.75 Å². The Morgan fingerprint density at radius 3 is 2.20 bits per heavy atom. The van der Waals surface area contributed by atoms with Gasteiger partial charge in [-0.1, -0.05) is 52.9 Å². The van der Waals surface area contributed by atoms with Gasteiger partial charge in [-0.2, -0.15) is 0 Å². The third kappa shape index (κ3) is 5.66. The topological polar surface area (TPSA) is 101 Å². The number of hydrogen-bond donors (Lipinski definition) is 1. The van der Waals surface area contributed by atoms with Gasteiger partial charge in [0.05, 0.1) is 23.7 Å². The summed E-state index contributed by atoms with van der Waals surface area (Å²) in [4.78, 5) is 58.6. The molecule has 2 aliphatic heterocycles. The van der Waals surface area contributed by atoms with Crippen LogP contribution in [-0.2, 0) is 20.9 Å². The van der Waals surface area contributed by atoms with Gasteiger partial charge in [0.25, 0.3) is 0 Å². The molecule has 0 aliphatic carbocycles. The molecule has 3 heterocycles. The Morgan fingerprint density at radius 1 is 0.911 bits per heavy atom. The van der Waals surface area contributed by atoms with Crippen LogP contribution in [0.3, 0.4) is 0 Å². The van der Waals surface area contributed by atoms with Crippen LogP contribution in [0.15, 0.2) is 82.6 Å². The van der Waals surface area contributed by atoms with Gasteiger partial charge in [-0.3, -0.25) is 23.7 Å². The van der Waals surface area contributed by atoms with Crippen molar-refractivity contribution in [3.8, 4) is 5.75 Å². The maximum absolute atomic E-state index is 14.2. The van der Waals surface area contributed by atoms with Crippen molar-refractivity contribution in [3.63, 3.8) is 0 Å². The number of nitrogens with one attached hydrogen (secondary N) is 1. The number of benzene rings is 3. The maximum atomic E-state index is 14.2. The predicted octanol–water partition coefficient (Wildman–Crippen LogP) is 5.51. The van der Waals surface area contributed by atoms with Crippen molar-refractivity contribution in [2.75, 3.05) is 35.3 Å². The van der Waals surface area contributed by atoms with Crippen LogP contribution >= 0.6 is 23.1 Å². The average Bonchev–Trinajstić information content (AvgIpc) is 3.49. The van der Waals surface area contributed by atoms with E-state index in [1.165, 1.54) is 21.2 Å². The molecule has 9 nitrogen and oxygen atoms in total. The molecule has 11 heteroatoms. The predicted molar refractivity (Wildman–Crippen MR) is 179 cm³/mol. The number of carbonyl (C=O) groups is 3. The zero-order valence-corrected chi connectivity index (χ0v) is 27.1. The second kappa shape index (κ2) is 12.6. The standard InChI is InChI=1S/C34H34N4O5S2/c1-5-36(6-2)23-13-9-21(10-14-23)27-28-29(32(41)38(31(28)40)24-15-17-25(43-4)18-16-24)44-33-30(27)45-34(42)37(33)19-26(39)35-22-11-7-20(3)8-12-22/h7-18,27-29H,5-6,19H2,1-4H3,(H,35,39)/t27-,28-,29+/m0/s1. The Labute approximate surface area is 269 Å². The molecule has 0 saturated carbocycles. The molecular weight excluding hydrogens is 609 g/mol. The highest BCUT2D eigenvalue weighted by Gasteiger charge is 2.56. The number of nitrogens with zero attached hydrogens (tertiary/aromatic N) is 3. The molecule has 1 aromatic heterocycles. The molecule has 232 valence electrons. The van der Waals surface area contributed by atoms with E-state index in [2.05, 4.69) is 24.1 Å². The third-order valence-electron chi connectivity index (χ3n) is 8.40. The van der Waals surface area contributed by atoms with Crippen LogP contribution in [-0.4, -0.2) is 47.7 Å². The Kier molecular flexibility index (Phi) is 8.56. The normalized spacial score (nSPS) is 18.8. The van der Waals surface area contributed by atoms with Crippen molar-refractivity contribution in [1.29, 1.82) is 0 Å². The van der Waals surface area contributed by atoms with Gasteiger partial charge in [0.15, 0.2) is 0 Å². The summed E-state index contributed by atoms with van der Waals surface area (Å²) in [6.07, 6.45) is 0. The van der Waals surface area contributed by atoms with E-state index in [0.717, 1.165) is 41.2 Å². The lowest BCUT2D eigenvalue weighted by Crippen LogP contribution is -2.33. The lowest BCUT2D eigenvalue weighted by atomic mass is 9.83. The molecule has 1 fully saturated rings. The highest BCUT2D eigenvalue weighted by molar-refractivity contribution is 8.00. The average molecular weight is 643 g/mol. The van der Waals surface area contributed by atoms with Crippen molar-refractivity contribution in [2.24, 2.45) is 5.92 Å². The summed E-state index contributed by atoms with van der Waals surface area (Å²) < 4.78 is 6.71. The summed E-state index contributed by atoms with van der Waals surface area (Å²) in [6.45, 7) is 7.65. The van der Waals surface area contributed by atoms with Gasteiger partial charge in [-0.05, 0) is 74.9 Å². The van der Waals surface area contributed by atoms with E-state index >= 15 is 0 Å². The molecule has 0 radical (unpaired) electrons. The van der Waals surface area contributed by atoms with Crippen molar-refractivity contribution in [1.82, 2.24) is 4.57 Å². The van der Waals surface area contributed by atoms with Crippen LogP contribution in [0.4, 0.5) is 17.1 Å². The van der Waals surface area contributed by atoms with Crippen molar-refractivity contribution < 1.29 is 19.1 Å². The highest BCUT2D eigenvalue weighted by atomic mass is 32.2. The molecule has 45 heavy (non-hydrogen) atoms. The smallest absolute Gasteiger partial charge is 0.308 e. The number of hydrogen-bond acceptors (Lipinski definition) is 8. The largest absolute Gasteiger partial charge is 0.497 e. The van der Waals surface area contributed by atoms with Gasteiger partial charge in [0.2, 0.25) is 17.7 Å². The number of rotatable bonds is 9. The summed E-state index contributed by atoms with van der Waals surface area (Å²) in [5.41, 5.74) is 4.07. The van der Waals surface area contributed by atoms with E-state index in [1.54, 1.807) is 31.4 Å². The molecule has 3 aromatic carbocycles. The number of ether oxygens (including phenoxy) is 1. The molecular formula is C34H34N4O5S2. The highest BCUT2D eigenvalue weighted by Crippen LogP contribution is 2.54. The van der Waals surface area contributed by atoms with Gasteiger partial charge in [0, 0.05) is 35.3 Å². The number of amides is 3. The fraction of sp³-hybridized carbons (Fsp3) is 0.294. The van der Waals surface area contributed by atoms with E-state index in [9.17, 15) is 19.2 Å². The number of aryl methyl sites for hydroxylation is 1. The molecule has 2 aliphatic rings. The lowest BCUT2D eigenvalue weighted by Gasteiger charge is -2.31. The molecule has 1 N–H and O–H groups in total. The fourth-order valence-corrected chi connectivity index (χ4v) is 8.84. The summed E-state index contributed by atoms with van der Waals surface area (Å²) in [7, 11) is 1.56. The zero-order valence-electron chi connectivity index (χ0n) is 25.5. The minimum absolute atomic E-state index is 0.207. The first-order chi connectivity index (χ1) is 21.7. The van der Waals surface area contributed by atoms with Crippen LogP contribution < -0.4 is 24.7 Å². The molecule has 3 amide bonds. The summed E-state index contributed by atoms with van der Waals surface area (Å²) in [5.74, 6) is -1.63. The molecule has 0 unspecified atom stereocenters. The molecule has 3 atom stereocenters. The molecule has 1 saturated heterocycles. The van der Waals surface area contributed by atoms with E-state index in [-0.39, 0.29) is 29.1 Å². The van der Waals surface area contributed by atoms with Crippen LogP contribution in [0.25, 0.3) is 0 Å². The fourth-order valence-electron chi connectivity index (χ4n) is 6.06. The summed E-state index contributed by atoms with van der Waals surface area (Å²) >= 11 is 2.25. The molecule has 0 bridgehead atoms. The number of imide groups is 1. The quantitative estimate of drug-likeness (QED) is 0.241. The van der Waals surface area contributed by atoms with Crippen molar-refractivity contribution in [3.05, 3.63) is 98.5 Å². The Hall–Kier alpha value is -4.35. The monoisotopic (exact) mass is 642 g/mol. The van der Waals surface area contributed by atoms with Crippen molar-refractivity contribution in [2.45, 2.75) is 43.5 Å². The second-order valence-electron chi connectivity index (χ2n) is 11.1. The maximum Gasteiger partial charge on any atom is 0.308 e. The molecule has 4 aromatic rings. The Morgan fingerprint density at radius 2 is 1.58 bits per heavy atom. The zero-order chi connectivity index (χ0) is 31.8.